The highest BCUT2D eigenvalue weighted by Crippen LogP contribution is 2.26. The van der Waals surface area contributed by atoms with Crippen molar-refractivity contribution >= 4 is 11.6 Å². The molecule has 1 atom stereocenters. The Morgan fingerprint density at radius 2 is 2.07 bits per heavy atom. The number of rotatable bonds is 4. The highest BCUT2D eigenvalue weighted by atomic mass is 35.5. The summed E-state index contributed by atoms with van der Waals surface area (Å²) in [6.45, 7) is 0. The number of hydrogen-bond acceptors (Lipinski definition) is 2. The Hall–Kier alpha value is -0.680. The fourth-order valence-electron chi connectivity index (χ4n) is 1.19. The second-order valence-electron chi connectivity index (χ2n) is 3.26. The van der Waals surface area contributed by atoms with Crippen LogP contribution in [-0.2, 0) is 0 Å². The Bertz CT molecular complexity index is 311. The van der Waals surface area contributed by atoms with Crippen molar-refractivity contribution in [3.63, 3.8) is 0 Å². The van der Waals surface area contributed by atoms with Crippen LogP contribution in [0.15, 0.2) is 16.5 Å². The average Bonchev–Trinajstić information content (AvgIpc) is 2.49. The molecule has 1 aromatic rings. The van der Waals surface area contributed by atoms with Crippen LogP contribution in [0.3, 0.4) is 0 Å². The first kappa shape index (κ1) is 12.4. The van der Waals surface area contributed by atoms with Crippen molar-refractivity contribution in [2.24, 2.45) is 5.73 Å². The zero-order valence-electron chi connectivity index (χ0n) is 7.85. The van der Waals surface area contributed by atoms with Gasteiger partial charge < -0.3 is 10.2 Å². The topological polar surface area (TPSA) is 39.2 Å². The Morgan fingerprint density at radius 3 is 2.53 bits per heavy atom. The van der Waals surface area contributed by atoms with Crippen LogP contribution in [0.5, 0.6) is 0 Å². The fraction of sp³-hybridized carbons (Fsp3) is 0.556. The third-order valence-electron chi connectivity index (χ3n) is 1.93. The molecule has 1 heterocycles. The Balaban J connectivity index is 2.34. The van der Waals surface area contributed by atoms with E-state index in [1.54, 1.807) is 6.07 Å². The lowest BCUT2D eigenvalue weighted by molar-refractivity contribution is -0.135. The van der Waals surface area contributed by atoms with E-state index in [0.717, 1.165) is 0 Å². The van der Waals surface area contributed by atoms with Gasteiger partial charge in [-0.15, -0.1) is 0 Å². The van der Waals surface area contributed by atoms with Gasteiger partial charge in [0.05, 0.1) is 6.04 Å². The summed E-state index contributed by atoms with van der Waals surface area (Å²) in [5.41, 5.74) is 5.62. The van der Waals surface area contributed by atoms with Crippen LogP contribution in [0, 0.1) is 0 Å². The average molecular weight is 242 g/mol. The number of nitrogens with two attached hydrogens (primary N) is 1. The van der Waals surface area contributed by atoms with Crippen LogP contribution in [-0.4, -0.2) is 6.18 Å². The number of furan rings is 1. The summed E-state index contributed by atoms with van der Waals surface area (Å²) in [7, 11) is 0. The molecule has 0 saturated heterocycles. The molecular formula is C9H11ClF3NO. The monoisotopic (exact) mass is 241 g/mol. The third kappa shape index (κ3) is 4.57. The van der Waals surface area contributed by atoms with Gasteiger partial charge in [0.25, 0.3) is 0 Å². The molecule has 2 N–H and O–H groups in total. The molecule has 2 nitrogen and oxygen atoms in total. The molecule has 6 heteroatoms. The molecule has 0 amide bonds. The van der Waals surface area contributed by atoms with Crippen molar-refractivity contribution in [3.8, 4) is 0 Å². The second-order valence-corrected chi connectivity index (χ2v) is 3.63. The number of alkyl halides is 3. The minimum Gasteiger partial charge on any atom is -0.448 e. The molecule has 0 spiro atoms. The zero-order chi connectivity index (χ0) is 11.5. The van der Waals surface area contributed by atoms with E-state index in [4.69, 9.17) is 21.8 Å². The highest BCUT2D eigenvalue weighted by molar-refractivity contribution is 6.28. The standard InChI is InChI=1S/C9H11ClF3NO/c10-8-4-3-7(15-8)6(14)2-1-5-9(11,12)13/h3-4,6H,1-2,5,14H2. The van der Waals surface area contributed by atoms with Crippen LogP contribution in [0.4, 0.5) is 13.2 Å². The molecular weight excluding hydrogens is 231 g/mol. The minimum absolute atomic E-state index is 0.0109. The van der Waals surface area contributed by atoms with Crippen LogP contribution in [0.1, 0.15) is 31.1 Å². The highest BCUT2D eigenvalue weighted by Gasteiger charge is 2.26. The van der Waals surface area contributed by atoms with Gasteiger partial charge in [0.15, 0.2) is 5.22 Å². The molecule has 0 fully saturated rings. The maximum atomic E-state index is 11.8. The maximum absolute atomic E-state index is 11.8. The molecule has 0 radical (unpaired) electrons. The smallest absolute Gasteiger partial charge is 0.389 e. The zero-order valence-corrected chi connectivity index (χ0v) is 8.61. The molecule has 0 bridgehead atoms. The summed E-state index contributed by atoms with van der Waals surface area (Å²) >= 11 is 5.51. The van der Waals surface area contributed by atoms with Gasteiger partial charge >= 0.3 is 6.18 Å². The van der Waals surface area contributed by atoms with Gasteiger partial charge in [-0.3, -0.25) is 0 Å². The molecule has 0 aliphatic carbocycles. The maximum Gasteiger partial charge on any atom is 0.389 e. The predicted molar refractivity (Wildman–Crippen MR) is 50.6 cm³/mol. The lowest BCUT2D eigenvalue weighted by Crippen LogP contribution is -2.12. The first-order valence-corrected chi connectivity index (χ1v) is 4.84. The van der Waals surface area contributed by atoms with Crippen molar-refractivity contribution < 1.29 is 17.6 Å². The normalized spacial score (nSPS) is 14.2. The first-order chi connectivity index (χ1) is 6.88. The van der Waals surface area contributed by atoms with Crippen molar-refractivity contribution in [3.05, 3.63) is 23.1 Å². The van der Waals surface area contributed by atoms with Crippen molar-refractivity contribution in [2.45, 2.75) is 31.5 Å². The Labute approximate surface area is 90.2 Å². The molecule has 0 aliphatic heterocycles. The lowest BCUT2D eigenvalue weighted by atomic mass is 10.1. The molecule has 0 aromatic carbocycles. The van der Waals surface area contributed by atoms with E-state index in [2.05, 4.69) is 0 Å². The molecule has 1 rings (SSSR count). The fourth-order valence-corrected chi connectivity index (χ4v) is 1.34. The van der Waals surface area contributed by atoms with Gasteiger partial charge in [0, 0.05) is 6.42 Å². The minimum atomic E-state index is -4.12. The largest absolute Gasteiger partial charge is 0.448 e. The summed E-state index contributed by atoms with van der Waals surface area (Å²) in [4.78, 5) is 0. The van der Waals surface area contributed by atoms with E-state index >= 15 is 0 Å². The van der Waals surface area contributed by atoms with Crippen LogP contribution >= 0.6 is 11.6 Å². The second kappa shape index (κ2) is 4.90. The summed E-state index contributed by atoms with van der Waals surface area (Å²) < 4.78 is 40.5. The van der Waals surface area contributed by atoms with Crippen LogP contribution < -0.4 is 5.73 Å². The first-order valence-electron chi connectivity index (χ1n) is 4.46. The van der Waals surface area contributed by atoms with E-state index in [9.17, 15) is 13.2 Å². The van der Waals surface area contributed by atoms with E-state index < -0.39 is 18.6 Å². The van der Waals surface area contributed by atoms with E-state index in [1.165, 1.54) is 6.07 Å². The third-order valence-corrected chi connectivity index (χ3v) is 2.14. The van der Waals surface area contributed by atoms with Crippen molar-refractivity contribution in [1.29, 1.82) is 0 Å². The van der Waals surface area contributed by atoms with Crippen molar-refractivity contribution in [2.75, 3.05) is 0 Å². The SMILES string of the molecule is NC(CCCC(F)(F)F)c1ccc(Cl)o1. The van der Waals surface area contributed by atoms with E-state index in [1.807, 2.05) is 0 Å². The van der Waals surface area contributed by atoms with Gasteiger partial charge in [-0.25, -0.2) is 0 Å². The number of halogens is 4. The predicted octanol–water partition coefficient (Wildman–Crippen LogP) is 3.67. The molecule has 15 heavy (non-hydrogen) atoms. The molecule has 0 saturated carbocycles. The van der Waals surface area contributed by atoms with Gasteiger partial charge in [-0.1, -0.05) is 0 Å². The van der Waals surface area contributed by atoms with E-state index in [-0.39, 0.29) is 18.1 Å². The lowest BCUT2D eigenvalue weighted by Gasteiger charge is -2.09. The summed E-state index contributed by atoms with van der Waals surface area (Å²) in [6.07, 6.45) is -4.73. The van der Waals surface area contributed by atoms with Gasteiger partial charge in [0.1, 0.15) is 5.76 Å². The molecule has 1 unspecified atom stereocenters. The van der Waals surface area contributed by atoms with Crippen LogP contribution in [0.25, 0.3) is 0 Å². The van der Waals surface area contributed by atoms with Crippen LogP contribution in [0.2, 0.25) is 5.22 Å². The quantitative estimate of drug-likeness (QED) is 0.874. The summed E-state index contributed by atoms with van der Waals surface area (Å²) in [5.74, 6) is 0.419. The number of hydrogen-bond donors (Lipinski definition) is 1. The Morgan fingerprint density at radius 1 is 1.40 bits per heavy atom. The van der Waals surface area contributed by atoms with Gasteiger partial charge in [-0.05, 0) is 36.6 Å². The van der Waals surface area contributed by atoms with Crippen molar-refractivity contribution in [1.82, 2.24) is 0 Å². The molecule has 0 aliphatic rings. The van der Waals surface area contributed by atoms with Gasteiger partial charge in [0.2, 0.25) is 0 Å². The van der Waals surface area contributed by atoms with Gasteiger partial charge in [-0.2, -0.15) is 13.2 Å². The Kier molecular flexibility index (Phi) is 4.04. The molecule has 86 valence electrons. The van der Waals surface area contributed by atoms with E-state index in [0.29, 0.717) is 5.76 Å². The summed E-state index contributed by atoms with van der Waals surface area (Å²) in [5, 5.41) is 0.191. The molecule has 1 aromatic heterocycles. The summed E-state index contributed by atoms with van der Waals surface area (Å²) in [6, 6.07) is 2.56.